The van der Waals surface area contributed by atoms with Crippen molar-refractivity contribution in [1.82, 2.24) is 10.2 Å². The van der Waals surface area contributed by atoms with Crippen LogP contribution in [0.5, 0.6) is 0 Å². The molecule has 0 radical (unpaired) electrons. The van der Waals surface area contributed by atoms with Gasteiger partial charge in [-0.05, 0) is 36.5 Å². The summed E-state index contributed by atoms with van der Waals surface area (Å²) >= 11 is 0. The smallest absolute Gasteiger partial charge is 0.325 e. The Labute approximate surface area is 188 Å². The first-order chi connectivity index (χ1) is 15.2. The third-order valence-electron chi connectivity index (χ3n) is 7.38. The molecule has 168 valence electrons. The molecule has 4 rings (SSSR count). The summed E-state index contributed by atoms with van der Waals surface area (Å²) < 4.78 is 0. The van der Waals surface area contributed by atoms with Crippen LogP contribution in [-0.2, 0) is 20.9 Å². The normalized spacial score (nSPS) is 28.1. The zero-order chi connectivity index (χ0) is 23.2. The Bertz CT molecular complexity index is 1070. The number of carbonyl (C=O) groups excluding carboxylic acids is 2. The fraction of sp³-hybridized carbons (Fsp3) is 0.423. The van der Waals surface area contributed by atoms with Crippen molar-refractivity contribution in [3.05, 3.63) is 70.8 Å². The van der Waals surface area contributed by atoms with E-state index in [1.807, 2.05) is 76.2 Å². The van der Waals surface area contributed by atoms with Crippen molar-refractivity contribution in [2.75, 3.05) is 0 Å². The van der Waals surface area contributed by atoms with Crippen molar-refractivity contribution in [1.29, 1.82) is 0 Å². The number of carboxylic acids is 1. The minimum absolute atomic E-state index is 0.154. The van der Waals surface area contributed by atoms with E-state index < -0.39 is 35.3 Å². The number of likely N-dealkylation sites (tertiary alicyclic amines) is 1. The molecule has 0 saturated carbocycles. The Hall–Kier alpha value is -2.99. The predicted molar refractivity (Wildman–Crippen MR) is 121 cm³/mol. The zero-order valence-corrected chi connectivity index (χ0v) is 19.0. The first-order valence-corrected chi connectivity index (χ1v) is 11.2. The molecule has 2 aliphatic rings. The molecule has 2 saturated heterocycles. The first-order valence-electron chi connectivity index (χ1n) is 11.2. The number of rotatable bonds is 6. The lowest BCUT2D eigenvalue weighted by Gasteiger charge is -2.36. The van der Waals surface area contributed by atoms with E-state index in [1.165, 1.54) is 4.90 Å². The van der Waals surface area contributed by atoms with Crippen molar-refractivity contribution in [3.63, 3.8) is 0 Å². The number of hydrogen-bond acceptors (Lipinski definition) is 4. The molecule has 5 unspecified atom stereocenters. The number of imide groups is 1. The number of hydrogen-bond donors (Lipinski definition) is 2. The minimum Gasteiger partial charge on any atom is -0.480 e. The summed E-state index contributed by atoms with van der Waals surface area (Å²) in [6.45, 7) is 7.85. The first kappa shape index (κ1) is 22.2. The summed E-state index contributed by atoms with van der Waals surface area (Å²) in [5.74, 6) is -3.80. The van der Waals surface area contributed by atoms with Gasteiger partial charge in [0.25, 0.3) is 0 Å². The number of nitrogens with one attached hydrogen (secondary N) is 1. The molecule has 2 amide bonds. The number of amides is 2. The van der Waals surface area contributed by atoms with Gasteiger partial charge in [-0.15, -0.1) is 0 Å². The Balaban J connectivity index is 1.85. The molecule has 2 N–H and O–H groups in total. The van der Waals surface area contributed by atoms with Crippen LogP contribution in [0.2, 0.25) is 0 Å². The molecule has 5 atom stereocenters. The van der Waals surface area contributed by atoms with Gasteiger partial charge in [0.05, 0.1) is 18.4 Å². The van der Waals surface area contributed by atoms with E-state index in [2.05, 4.69) is 5.32 Å². The van der Waals surface area contributed by atoms with Crippen LogP contribution >= 0.6 is 0 Å². The predicted octanol–water partition coefficient (Wildman–Crippen LogP) is 3.62. The molecule has 0 bridgehead atoms. The Morgan fingerprint density at radius 3 is 2.44 bits per heavy atom. The van der Waals surface area contributed by atoms with Gasteiger partial charge in [-0.2, -0.15) is 0 Å². The highest BCUT2D eigenvalue weighted by Gasteiger charge is 2.69. The monoisotopic (exact) mass is 434 g/mol. The maximum absolute atomic E-state index is 13.7. The Morgan fingerprint density at radius 1 is 1.12 bits per heavy atom. The molecule has 2 heterocycles. The quantitative estimate of drug-likeness (QED) is 0.678. The summed E-state index contributed by atoms with van der Waals surface area (Å²) in [7, 11) is 0. The largest absolute Gasteiger partial charge is 0.480 e. The number of carbonyl (C=O) groups is 3. The molecule has 2 aromatic rings. The van der Waals surface area contributed by atoms with Crippen LogP contribution in [0.25, 0.3) is 0 Å². The van der Waals surface area contributed by atoms with Gasteiger partial charge in [0.2, 0.25) is 11.8 Å². The second kappa shape index (κ2) is 8.17. The molecule has 32 heavy (non-hydrogen) atoms. The lowest BCUT2D eigenvalue weighted by atomic mass is 9.71. The Kier molecular flexibility index (Phi) is 5.67. The van der Waals surface area contributed by atoms with E-state index in [1.54, 1.807) is 0 Å². The fourth-order valence-corrected chi connectivity index (χ4v) is 5.47. The van der Waals surface area contributed by atoms with E-state index in [4.69, 9.17) is 0 Å². The van der Waals surface area contributed by atoms with Crippen molar-refractivity contribution in [3.8, 4) is 0 Å². The lowest BCUT2D eigenvalue weighted by molar-refractivity contribution is -0.154. The van der Waals surface area contributed by atoms with Crippen LogP contribution in [0.4, 0.5) is 0 Å². The average molecular weight is 435 g/mol. The van der Waals surface area contributed by atoms with Crippen LogP contribution in [0.15, 0.2) is 48.5 Å². The number of aryl methyl sites for hydroxylation is 2. The van der Waals surface area contributed by atoms with Gasteiger partial charge in [-0.3, -0.25) is 24.6 Å². The van der Waals surface area contributed by atoms with Crippen LogP contribution in [0, 0.1) is 31.6 Å². The molecule has 0 aromatic heterocycles. The highest BCUT2D eigenvalue weighted by atomic mass is 16.4. The molecular weight excluding hydrogens is 404 g/mol. The SMILES string of the molecule is CCC(C)C1(C(=O)O)NC(c2cc(C)ccc2C)C2C(=O)N(Cc3ccccc3)C(=O)C21. The summed E-state index contributed by atoms with van der Waals surface area (Å²) in [6, 6.07) is 14.8. The standard InChI is InChI=1S/C26H30N2O4/c1-5-17(4)26(25(31)32)21-20(22(27-26)19-13-15(2)11-12-16(19)3)23(29)28(24(21)30)14-18-9-7-6-8-10-18/h6-13,17,20-22,27H,5,14H2,1-4H3,(H,31,32). The van der Waals surface area contributed by atoms with Gasteiger partial charge in [0, 0.05) is 6.04 Å². The summed E-state index contributed by atoms with van der Waals surface area (Å²) in [5.41, 5.74) is 2.22. The second-order valence-electron chi connectivity index (χ2n) is 9.22. The molecular formula is C26H30N2O4. The molecule has 2 aromatic carbocycles. The van der Waals surface area contributed by atoms with E-state index in [-0.39, 0.29) is 18.4 Å². The number of nitrogens with zero attached hydrogens (tertiary/aromatic N) is 1. The molecule has 2 fully saturated rings. The van der Waals surface area contributed by atoms with E-state index in [0.29, 0.717) is 6.42 Å². The van der Waals surface area contributed by atoms with E-state index in [0.717, 1.165) is 22.3 Å². The van der Waals surface area contributed by atoms with Gasteiger partial charge in [0.1, 0.15) is 5.54 Å². The van der Waals surface area contributed by atoms with E-state index >= 15 is 0 Å². The van der Waals surface area contributed by atoms with Crippen molar-refractivity contribution >= 4 is 17.8 Å². The molecule has 6 heteroatoms. The Morgan fingerprint density at radius 2 is 1.81 bits per heavy atom. The van der Waals surface area contributed by atoms with Crippen molar-refractivity contribution < 1.29 is 19.5 Å². The molecule has 0 aliphatic carbocycles. The average Bonchev–Trinajstić information content (AvgIpc) is 3.26. The highest BCUT2D eigenvalue weighted by Crippen LogP contribution is 2.52. The van der Waals surface area contributed by atoms with Crippen LogP contribution in [0.3, 0.4) is 0 Å². The number of benzene rings is 2. The van der Waals surface area contributed by atoms with Gasteiger partial charge < -0.3 is 5.11 Å². The summed E-state index contributed by atoms with van der Waals surface area (Å²) in [6.07, 6.45) is 0.572. The number of aliphatic carboxylic acids is 1. The maximum Gasteiger partial charge on any atom is 0.325 e. The number of fused-ring (bicyclic) bond motifs is 1. The fourth-order valence-electron chi connectivity index (χ4n) is 5.47. The third kappa shape index (κ3) is 3.25. The van der Waals surface area contributed by atoms with Gasteiger partial charge >= 0.3 is 5.97 Å². The summed E-state index contributed by atoms with van der Waals surface area (Å²) in [4.78, 5) is 41.4. The highest BCUT2D eigenvalue weighted by molar-refractivity contribution is 6.09. The van der Waals surface area contributed by atoms with Crippen LogP contribution < -0.4 is 5.32 Å². The lowest BCUT2D eigenvalue weighted by Crippen LogP contribution is -2.59. The molecule has 6 nitrogen and oxygen atoms in total. The van der Waals surface area contributed by atoms with Gasteiger partial charge in [-0.25, -0.2) is 0 Å². The second-order valence-corrected chi connectivity index (χ2v) is 9.22. The van der Waals surface area contributed by atoms with Crippen LogP contribution in [0.1, 0.15) is 48.6 Å². The van der Waals surface area contributed by atoms with Gasteiger partial charge in [-0.1, -0.05) is 74.4 Å². The zero-order valence-electron chi connectivity index (χ0n) is 19.0. The van der Waals surface area contributed by atoms with E-state index in [9.17, 15) is 19.5 Å². The molecule has 0 spiro atoms. The maximum atomic E-state index is 13.7. The van der Waals surface area contributed by atoms with Crippen molar-refractivity contribution in [2.45, 2.75) is 52.2 Å². The van der Waals surface area contributed by atoms with Crippen molar-refractivity contribution in [2.24, 2.45) is 17.8 Å². The topological polar surface area (TPSA) is 86.7 Å². The minimum atomic E-state index is -1.50. The van der Waals surface area contributed by atoms with Crippen LogP contribution in [-0.4, -0.2) is 33.3 Å². The molecule has 2 aliphatic heterocycles. The summed E-state index contributed by atoms with van der Waals surface area (Å²) in [5, 5.41) is 13.8. The van der Waals surface area contributed by atoms with Gasteiger partial charge in [0.15, 0.2) is 0 Å². The number of carboxylic acid groups (broad SMARTS) is 1. The third-order valence-corrected chi connectivity index (χ3v) is 7.38.